The lowest BCUT2D eigenvalue weighted by Crippen LogP contribution is -1.77. The maximum atomic E-state index is 9.72. The highest BCUT2D eigenvalue weighted by Gasteiger charge is 2.11. The monoisotopic (exact) mass is 245 g/mol. The van der Waals surface area contributed by atoms with Crippen LogP contribution in [0.5, 0.6) is 5.75 Å². The van der Waals surface area contributed by atoms with Gasteiger partial charge < -0.3 is 9.52 Å². The molecule has 0 amide bonds. The second-order valence-corrected chi connectivity index (χ2v) is 4.08. The molecule has 4 heteroatoms. The highest BCUT2D eigenvalue weighted by molar-refractivity contribution is 6.31. The molecule has 1 N–H and O–H groups in total. The van der Waals surface area contributed by atoms with Crippen LogP contribution in [0.1, 0.15) is 0 Å². The maximum absolute atomic E-state index is 9.72. The molecule has 0 aliphatic rings. The number of nitrogens with zero attached hydrogens (tertiary/aromatic N) is 1. The van der Waals surface area contributed by atoms with Crippen molar-refractivity contribution in [2.24, 2.45) is 0 Å². The molecule has 1 aromatic heterocycles. The second-order valence-electron chi connectivity index (χ2n) is 3.65. The molecule has 0 saturated heterocycles. The van der Waals surface area contributed by atoms with E-state index in [1.54, 1.807) is 36.4 Å². The summed E-state index contributed by atoms with van der Waals surface area (Å²) < 4.78 is 5.56. The highest BCUT2D eigenvalue weighted by Crippen LogP contribution is 2.31. The van der Waals surface area contributed by atoms with Crippen LogP contribution in [-0.4, -0.2) is 10.1 Å². The Balaban J connectivity index is 2.22. The van der Waals surface area contributed by atoms with Crippen molar-refractivity contribution in [3.8, 4) is 17.2 Å². The SMILES string of the molecule is Oc1ccccc1-c1nc2cc(Cl)ccc2o1. The summed E-state index contributed by atoms with van der Waals surface area (Å²) >= 11 is 5.87. The average Bonchev–Trinajstić information content (AvgIpc) is 2.72. The number of fused-ring (bicyclic) bond motifs is 1. The van der Waals surface area contributed by atoms with E-state index in [2.05, 4.69) is 4.98 Å². The van der Waals surface area contributed by atoms with Crippen molar-refractivity contribution >= 4 is 22.7 Å². The van der Waals surface area contributed by atoms with E-state index in [0.29, 0.717) is 27.6 Å². The second kappa shape index (κ2) is 3.79. The largest absolute Gasteiger partial charge is 0.507 e. The summed E-state index contributed by atoms with van der Waals surface area (Å²) in [6.45, 7) is 0. The van der Waals surface area contributed by atoms with E-state index >= 15 is 0 Å². The van der Waals surface area contributed by atoms with Crippen LogP contribution in [0.3, 0.4) is 0 Å². The molecule has 0 fully saturated rings. The van der Waals surface area contributed by atoms with E-state index in [-0.39, 0.29) is 5.75 Å². The lowest BCUT2D eigenvalue weighted by molar-refractivity contribution is 0.474. The van der Waals surface area contributed by atoms with Gasteiger partial charge >= 0.3 is 0 Å². The van der Waals surface area contributed by atoms with Gasteiger partial charge in [0.05, 0.1) is 5.56 Å². The van der Waals surface area contributed by atoms with Gasteiger partial charge in [0.2, 0.25) is 5.89 Å². The zero-order valence-corrected chi connectivity index (χ0v) is 9.48. The number of hydrogen-bond acceptors (Lipinski definition) is 3. The standard InChI is InChI=1S/C13H8ClNO2/c14-8-5-6-12-10(7-8)15-13(17-12)9-3-1-2-4-11(9)16/h1-7,16H. The number of para-hydroxylation sites is 1. The minimum atomic E-state index is 0.144. The van der Waals surface area contributed by atoms with Crippen LogP contribution in [0.15, 0.2) is 46.9 Å². The molecule has 3 aromatic rings. The van der Waals surface area contributed by atoms with Crippen molar-refractivity contribution in [1.29, 1.82) is 0 Å². The van der Waals surface area contributed by atoms with E-state index in [0.717, 1.165) is 0 Å². The Morgan fingerprint density at radius 3 is 2.76 bits per heavy atom. The number of oxazole rings is 1. The van der Waals surface area contributed by atoms with Gasteiger partial charge in [-0.05, 0) is 30.3 Å². The Morgan fingerprint density at radius 2 is 1.94 bits per heavy atom. The molecule has 0 unspecified atom stereocenters. The first-order chi connectivity index (χ1) is 8.24. The molecule has 84 valence electrons. The van der Waals surface area contributed by atoms with E-state index in [4.69, 9.17) is 16.0 Å². The fourth-order valence-electron chi connectivity index (χ4n) is 1.67. The van der Waals surface area contributed by atoms with Crippen molar-refractivity contribution in [2.45, 2.75) is 0 Å². The fraction of sp³-hybridized carbons (Fsp3) is 0. The van der Waals surface area contributed by atoms with E-state index < -0.39 is 0 Å². The minimum Gasteiger partial charge on any atom is -0.507 e. The van der Waals surface area contributed by atoms with Crippen molar-refractivity contribution in [3.05, 3.63) is 47.5 Å². The van der Waals surface area contributed by atoms with Crippen LogP contribution < -0.4 is 0 Å². The lowest BCUT2D eigenvalue weighted by atomic mass is 10.2. The number of halogens is 1. The Labute approximate surface area is 102 Å². The molecule has 0 bridgehead atoms. The number of benzene rings is 2. The Bertz CT molecular complexity index is 691. The molecular weight excluding hydrogens is 238 g/mol. The predicted octanol–water partition coefficient (Wildman–Crippen LogP) is 3.85. The minimum absolute atomic E-state index is 0.144. The van der Waals surface area contributed by atoms with Gasteiger partial charge in [-0.25, -0.2) is 4.98 Å². The van der Waals surface area contributed by atoms with Crippen molar-refractivity contribution in [1.82, 2.24) is 4.98 Å². The van der Waals surface area contributed by atoms with Crippen molar-refractivity contribution in [3.63, 3.8) is 0 Å². The molecule has 17 heavy (non-hydrogen) atoms. The topological polar surface area (TPSA) is 46.3 Å². The third-order valence-corrected chi connectivity index (χ3v) is 2.72. The third kappa shape index (κ3) is 1.74. The molecule has 0 atom stereocenters. The van der Waals surface area contributed by atoms with Gasteiger partial charge in [-0.15, -0.1) is 0 Å². The molecule has 0 saturated carbocycles. The van der Waals surface area contributed by atoms with Crippen molar-refractivity contribution in [2.75, 3.05) is 0 Å². The smallest absolute Gasteiger partial charge is 0.231 e. The van der Waals surface area contributed by atoms with Gasteiger partial charge in [0.15, 0.2) is 5.58 Å². The number of phenols is 1. The first-order valence-corrected chi connectivity index (χ1v) is 5.46. The van der Waals surface area contributed by atoms with Gasteiger partial charge in [-0.2, -0.15) is 0 Å². The summed E-state index contributed by atoms with van der Waals surface area (Å²) in [5.74, 6) is 0.533. The first-order valence-electron chi connectivity index (χ1n) is 5.08. The molecule has 0 aliphatic carbocycles. The summed E-state index contributed by atoms with van der Waals surface area (Å²) in [5, 5.41) is 10.3. The summed E-state index contributed by atoms with van der Waals surface area (Å²) in [7, 11) is 0. The molecule has 0 aliphatic heterocycles. The van der Waals surface area contributed by atoms with Crippen molar-refractivity contribution < 1.29 is 9.52 Å². The fourth-order valence-corrected chi connectivity index (χ4v) is 1.84. The van der Waals surface area contributed by atoms with Crippen LogP contribution in [0, 0.1) is 0 Å². The van der Waals surface area contributed by atoms with Crippen LogP contribution in [0.2, 0.25) is 5.02 Å². The summed E-state index contributed by atoms with van der Waals surface area (Å²) in [5.41, 5.74) is 1.89. The number of phenolic OH excluding ortho intramolecular Hbond substituents is 1. The van der Waals surface area contributed by atoms with Gasteiger partial charge in [0, 0.05) is 5.02 Å². The Hall–Kier alpha value is -2.00. The molecule has 0 spiro atoms. The zero-order chi connectivity index (χ0) is 11.8. The van der Waals surface area contributed by atoms with E-state index in [1.807, 2.05) is 6.07 Å². The molecule has 3 rings (SSSR count). The summed E-state index contributed by atoms with van der Waals surface area (Å²) in [4.78, 5) is 4.29. The van der Waals surface area contributed by atoms with Crippen LogP contribution in [0.25, 0.3) is 22.6 Å². The van der Waals surface area contributed by atoms with Gasteiger partial charge in [0.25, 0.3) is 0 Å². The average molecular weight is 246 g/mol. The predicted molar refractivity (Wildman–Crippen MR) is 66.1 cm³/mol. The van der Waals surface area contributed by atoms with Crippen LogP contribution >= 0.6 is 11.6 Å². The highest BCUT2D eigenvalue weighted by atomic mass is 35.5. The van der Waals surface area contributed by atoms with Gasteiger partial charge in [-0.3, -0.25) is 0 Å². The van der Waals surface area contributed by atoms with Gasteiger partial charge in [0.1, 0.15) is 11.3 Å². The normalized spacial score (nSPS) is 10.9. The zero-order valence-electron chi connectivity index (χ0n) is 8.72. The summed E-state index contributed by atoms with van der Waals surface area (Å²) in [6.07, 6.45) is 0. The van der Waals surface area contributed by atoms with Crippen LogP contribution in [0.4, 0.5) is 0 Å². The molecular formula is C13H8ClNO2. The Morgan fingerprint density at radius 1 is 1.12 bits per heavy atom. The molecule has 3 nitrogen and oxygen atoms in total. The van der Waals surface area contributed by atoms with E-state index in [1.165, 1.54) is 0 Å². The summed E-state index contributed by atoms with van der Waals surface area (Å²) in [6, 6.07) is 12.1. The molecule has 1 heterocycles. The van der Waals surface area contributed by atoms with E-state index in [9.17, 15) is 5.11 Å². The number of rotatable bonds is 1. The van der Waals surface area contributed by atoms with Crippen LogP contribution in [-0.2, 0) is 0 Å². The lowest BCUT2D eigenvalue weighted by Gasteiger charge is -1.97. The number of aromatic hydroxyl groups is 1. The first kappa shape index (κ1) is 10.2. The Kier molecular flexibility index (Phi) is 2.27. The van der Waals surface area contributed by atoms with Gasteiger partial charge in [-0.1, -0.05) is 23.7 Å². The molecule has 0 radical (unpaired) electrons. The number of aromatic nitrogens is 1. The molecule has 2 aromatic carbocycles. The quantitative estimate of drug-likeness (QED) is 0.708. The third-order valence-electron chi connectivity index (χ3n) is 2.48. The number of hydrogen-bond donors (Lipinski definition) is 1. The maximum Gasteiger partial charge on any atom is 0.231 e.